The number of ether oxygens (including phenoxy) is 2. The van der Waals surface area contributed by atoms with Crippen LogP contribution in [0.4, 0.5) is 0 Å². The van der Waals surface area contributed by atoms with Crippen molar-refractivity contribution in [2.24, 2.45) is 5.41 Å². The van der Waals surface area contributed by atoms with Crippen molar-refractivity contribution in [2.75, 3.05) is 33.0 Å². The molecule has 0 aromatic carbocycles. The topological polar surface area (TPSA) is 111 Å². The molecule has 1 N–H and O–H groups in total. The average molecular weight is 447 g/mol. The number of hydroxylamine groups is 2. The summed E-state index contributed by atoms with van der Waals surface area (Å²) in [7, 11) is 0. The normalized spacial score (nSPS) is 16.5. The molecule has 172 valence electrons. The van der Waals surface area contributed by atoms with Gasteiger partial charge in [0.15, 0.2) is 0 Å². The second-order valence-electron chi connectivity index (χ2n) is 8.78. The van der Waals surface area contributed by atoms with Crippen molar-refractivity contribution in [3.63, 3.8) is 0 Å². The molecular formula is C20H34N2O7S. The number of thiol groups is 1. The molecule has 0 spiro atoms. The fraction of sp³-hybridized carbons (Fsp3) is 0.800. The molecule has 9 nitrogen and oxygen atoms in total. The van der Waals surface area contributed by atoms with E-state index >= 15 is 0 Å². The molecule has 0 aliphatic carbocycles. The smallest absolute Gasteiger partial charge is 0.335 e. The first-order chi connectivity index (χ1) is 13.9. The highest BCUT2D eigenvalue weighted by Gasteiger charge is 2.32. The minimum atomic E-state index is -0.704. The number of nitrogens with one attached hydrogen (secondary N) is 1. The predicted octanol–water partition coefficient (Wildman–Crippen LogP) is 1.65. The van der Waals surface area contributed by atoms with Crippen LogP contribution in [0.25, 0.3) is 0 Å². The SMILES string of the molecule is CC(C)(C)CC(C)(S)CC(=O)NCCOCCOCCC(=O)ON1C(=O)CCC1=O. The summed E-state index contributed by atoms with van der Waals surface area (Å²) in [4.78, 5) is 51.0. The molecule has 30 heavy (non-hydrogen) atoms. The van der Waals surface area contributed by atoms with Crippen molar-refractivity contribution in [3.8, 4) is 0 Å². The average Bonchev–Trinajstić information content (AvgIpc) is 2.89. The Bertz CT molecular complexity index is 601. The molecule has 0 bridgehead atoms. The molecule has 3 amide bonds. The molecule has 0 radical (unpaired) electrons. The van der Waals surface area contributed by atoms with E-state index < -0.39 is 17.8 Å². The van der Waals surface area contributed by atoms with Crippen LogP contribution in [0.15, 0.2) is 0 Å². The lowest BCUT2D eigenvalue weighted by atomic mass is 9.83. The predicted molar refractivity (Wildman–Crippen MR) is 113 cm³/mol. The summed E-state index contributed by atoms with van der Waals surface area (Å²) in [5.41, 5.74) is 0.0969. The Morgan fingerprint density at radius 1 is 1.00 bits per heavy atom. The van der Waals surface area contributed by atoms with Gasteiger partial charge in [-0.3, -0.25) is 14.4 Å². The Morgan fingerprint density at radius 3 is 2.13 bits per heavy atom. The zero-order valence-electron chi connectivity index (χ0n) is 18.3. The first kappa shape index (κ1) is 26.4. The van der Waals surface area contributed by atoms with Crippen molar-refractivity contribution in [3.05, 3.63) is 0 Å². The lowest BCUT2D eigenvalue weighted by Crippen LogP contribution is -2.35. The summed E-state index contributed by atoms with van der Waals surface area (Å²) in [6.07, 6.45) is 1.20. The van der Waals surface area contributed by atoms with E-state index in [4.69, 9.17) is 14.3 Å². The lowest BCUT2D eigenvalue weighted by molar-refractivity contribution is -0.198. The minimum Gasteiger partial charge on any atom is -0.378 e. The summed E-state index contributed by atoms with van der Waals surface area (Å²) < 4.78 is 10.2. The lowest BCUT2D eigenvalue weighted by Gasteiger charge is -2.31. The van der Waals surface area contributed by atoms with Gasteiger partial charge in [-0.2, -0.15) is 12.6 Å². The van der Waals surface area contributed by atoms with Crippen LogP contribution in [0.5, 0.6) is 0 Å². The van der Waals surface area contributed by atoms with Gasteiger partial charge in [0.05, 0.1) is 32.8 Å². The van der Waals surface area contributed by atoms with Crippen molar-refractivity contribution >= 4 is 36.3 Å². The van der Waals surface area contributed by atoms with Crippen LogP contribution < -0.4 is 5.32 Å². The highest BCUT2D eigenvalue weighted by atomic mass is 32.1. The number of hydrogen-bond acceptors (Lipinski definition) is 8. The van der Waals surface area contributed by atoms with Crippen LogP contribution in [-0.4, -0.2) is 66.5 Å². The van der Waals surface area contributed by atoms with Crippen LogP contribution in [0, 0.1) is 5.41 Å². The van der Waals surface area contributed by atoms with E-state index in [0.29, 0.717) is 31.2 Å². The molecule has 1 heterocycles. The zero-order chi connectivity index (χ0) is 22.8. The molecule has 0 aromatic heterocycles. The number of nitrogens with zero attached hydrogens (tertiary/aromatic N) is 1. The summed E-state index contributed by atoms with van der Waals surface area (Å²) in [5.74, 6) is -1.79. The van der Waals surface area contributed by atoms with Crippen molar-refractivity contribution in [1.29, 1.82) is 0 Å². The Labute approximate surface area is 183 Å². The largest absolute Gasteiger partial charge is 0.378 e. The molecule has 1 rings (SSSR count). The maximum absolute atomic E-state index is 12.0. The fourth-order valence-corrected chi connectivity index (χ4v) is 3.78. The van der Waals surface area contributed by atoms with Crippen molar-refractivity contribution in [2.45, 2.75) is 64.5 Å². The number of rotatable bonds is 13. The van der Waals surface area contributed by atoms with Gasteiger partial charge < -0.3 is 19.6 Å². The monoisotopic (exact) mass is 446 g/mol. The van der Waals surface area contributed by atoms with Gasteiger partial charge in [-0.25, -0.2) is 4.79 Å². The number of carbonyl (C=O) groups is 4. The molecular weight excluding hydrogens is 412 g/mol. The number of amides is 3. The first-order valence-electron chi connectivity index (χ1n) is 10.1. The maximum atomic E-state index is 12.0. The molecule has 1 fully saturated rings. The fourth-order valence-electron chi connectivity index (χ4n) is 3.16. The molecule has 0 aromatic rings. The second-order valence-corrected chi connectivity index (χ2v) is 9.86. The maximum Gasteiger partial charge on any atom is 0.335 e. The van der Waals surface area contributed by atoms with E-state index in [0.717, 1.165) is 6.42 Å². The number of imide groups is 1. The molecule has 1 unspecified atom stereocenters. The third-order valence-electron chi connectivity index (χ3n) is 4.04. The molecule has 10 heteroatoms. The quantitative estimate of drug-likeness (QED) is 0.251. The second kappa shape index (κ2) is 12.3. The van der Waals surface area contributed by atoms with Crippen LogP contribution in [0.3, 0.4) is 0 Å². The third-order valence-corrected chi connectivity index (χ3v) is 4.36. The van der Waals surface area contributed by atoms with Gasteiger partial charge in [0, 0.05) is 30.6 Å². The number of carbonyl (C=O) groups excluding carboxylic acids is 4. The molecule has 1 aliphatic rings. The molecule has 1 saturated heterocycles. The Hall–Kier alpha value is -1.65. The van der Waals surface area contributed by atoms with Crippen LogP contribution in [-0.2, 0) is 33.5 Å². The van der Waals surface area contributed by atoms with Crippen molar-refractivity contribution < 1.29 is 33.5 Å². The van der Waals surface area contributed by atoms with Gasteiger partial charge in [-0.05, 0) is 11.8 Å². The van der Waals surface area contributed by atoms with E-state index in [-0.39, 0.29) is 48.5 Å². The Kier molecular flexibility index (Phi) is 10.8. The van der Waals surface area contributed by atoms with E-state index in [1.807, 2.05) is 6.92 Å². The van der Waals surface area contributed by atoms with Crippen molar-refractivity contribution in [1.82, 2.24) is 10.4 Å². The van der Waals surface area contributed by atoms with E-state index in [2.05, 4.69) is 38.7 Å². The van der Waals surface area contributed by atoms with Crippen LogP contribution >= 0.6 is 12.6 Å². The van der Waals surface area contributed by atoms with E-state index in [1.165, 1.54) is 0 Å². The van der Waals surface area contributed by atoms with Gasteiger partial charge >= 0.3 is 5.97 Å². The summed E-state index contributed by atoms with van der Waals surface area (Å²) in [6.45, 7) is 9.72. The van der Waals surface area contributed by atoms with Gasteiger partial charge in [0.2, 0.25) is 5.91 Å². The highest BCUT2D eigenvalue weighted by molar-refractivity contribution is 7.81. The first-order valence-corrected chi connectivity index (χ1v) is 10.6. The highest BCUT2D eigenvalue weighted by Crippen LogP contribution is 2.33. The van der Waals surface area contributed by atoms with E-state index in [9.17, 15) is 19.2 Å². The van der Waals surface area contributed by atoms with Crippen LogP contribution in [0.2, 0.25) is 0 Å². The van der Waals surface area contributed by atoms with E-state index in [1.54, 1.807) is 0 Å². The summed E-state index contributed by atoms with van der Waals surface area (Å²) >= 11 is 4.61. The molecule has 1 atom stereocenters. The van der Waals surface area contributed by atoms with Gasteiger partial charge in [-0.1, -0.05) is 27.7 Å². The standard InChI is InChI=1S/C20H34N2O7S/c1-19(2,3)14-20(4,30)13-15(23)21-8-10-28-12-11-27-9-7-18(26)29-22-16(24)5-6-17(22)25/h30H,5-14H2,1-4H3,(H,21,23). The minimum absolute atomic E-state index is 0.0608. The van der Waals surface area contributed by atoms with Crippen LogP contribution in [0.1, 0.15) is 59.8 Å². The molecule has 1 aliphatic heterocycles. The van der Waals surface area contributed by atoms with Gasteiger partial charge in [-0.15, -0.1) is 5.06 Å². The third kappa shape index (κ3) is 11.5. The summed E-state index contributed by atoms with van der Waals surface area (Å²) in [6, 6.07) is 0. The Morgan fingerprint density at radius 2 is 1.57 bits per heavy atom. The Balaban J connectivity index is 2.00. The summed E-state index contributed by atoms with van der Waals surface area (Å²) in [5, 5.41) is 3.32. The van der Waals surface area contributed by atoms with Gasteiger partial charge in [0.25, 0.3) is 11.8 Å². The van der Waals surface area contributed by atoms with Gasteiger partial charge in [0.1, 0.15) is 0 Å². The molecule has 0 saturated carbocycles. The number of hydrogen-bond donors (Lipinski definition) is 2. The zero-order valence-corrected chi connectivity index (χ0v) is 19.2.